The summed E-state index contributed by atoms with van der Waals surface area (Å²) in [6, 6.07) is 11.8. The normalized spacial score (nSPS) is 24.4. The number of ether oxygens (including phenoxy) is 1. The van der Waals surface area contributed by atoms with Crippen LogP contribution in [0.2, 0.25) is 0 Å². The zero-order valence-corrected chi connectivity index (χ0v) is 22.0. The van der Waals surface area contributed by atoms with Crippen molar-refractivity contribution in [2.45, 2.75) is 50.6 Å². The van der Waals surface area contributed by atoms with Crippen LogP contribution >= 0.6 is 0 Å². The summed E-state index contributed by atoms with van der Waals surface area (Å²) >= 11 is 0. The Labute approximate surface area is 226 Å². The molecule has 4 rings (SSSR count). The average molecular weight is 536 g/mol. The summed E-state index contributed by atoms with van der Waals surface area (Å²) < 4.78 is 5.52. The van der Waals surface area contributed by atoms with Gasteiger partial charge in [-0.1, -0.05) is 62.2 Å². The van der Waals surface area contributed by atoms with Crippen LogP contribution < -0.4 is 10.1 Å². The van der Waals surface area contributed by atoms with Gasteiger partial charge in [-0.25, -0.2) is 0 Å². The van der Waals surface area contributed by atoms with Crippen LogP contribution in [0.15, 0.2) is 60.7 Å². The molecule has 0 aromatic heterocycles. The van der Waals surface area contributed by atoms with Crippen molar-refractivity contribution in [2.24, 2.45) is 11.8 Å². The summed E-state index contributed by atoms with van der Waals surface area (Å²) in [6.45, 7) is 2.27. The number of imide groups is 1. The Morgan fingerprint density at radius 3 is 2.46 bits per heavy atom. The molecular weight excluding hydrogens is 502 g/mol. The summed E-state index contributed by atoms with van der Waals surface area (Å²) in [4.78, 5) is 52.3. The highest BCUT2D eigenvalue weighted by molar-refractivity contribution is 6.09. The molecule has 206 valence electrons. The largest absolute Gasteiger partial charge is 0.496 e. The van der Waals surface area contributed by atoms with Crippen LogP contribution in [0.25, 0.3) is 0 Å². The van der Waals surface area contributed by atoms with Crippen LogP contribution in [-0.4, -0.2) is 51.9 Å². The number of hydrogen-bond donors (Lipinski definition) is 2. The van der Waals surface area contributed by atoms with Gasteiger partial charge in [-0.3, -0.25) is 34.7 Å². The molecule has 2 heterocycles. The SMILES string of the molecule is CCCC/C=C/CCN1C(=O)C2C(c3ccccc3OC)NC(Cc3ccc([N+](=O)[O-])cc3)(C(=O)O)C2C1=O. The van der Waals surface area contributed by atoms with Crippen molar-refractivity contribution in [1.29, 1.82) is 0 Å². The van der Waals surface area contributed by atoms with E-state index in [1.807, 2.05) is 12.2 Å². The van der Waals surface area contributed by atoms with Gasteiger partial charge in [0, 0.05) is 36.7 Å². The molecule has 2 aromatic rings. The molecule has 39 heavy (non-hydrogen) atoms. The van der Waals surface area contributed by atoms with Crippen molar-refractivity contribution >= 4 is 23.5 Å². The molecule has 0 spiro atoms. The second kappa shape index (κ2) is 11.8. The van der Waals surface area contributed by atoms with Gasteiger partial charge in [-0.05, 0) is 24.5 Å². The highest BCUT2D eigenvalue weighted by atomic mass is 16.6. The molecule has 2 amide bonds. The molecule has 0 aliphatic carbocycles. The van der Waals surface area contributed by atoms with Gasteiger partial charge in [0.2, 0.25) is 11.8 Å². The van der Waals surface area contributed by atoms with Gasteiger partial charge in [0.25, 0.3) is 5.69 Å². The number of para-hydroxylation sites is 1. The van der Waals surface area contributed by atoms with E-state index < -0.39 is 46.1 Å². The first-order valence-electron chi connectivity index (χ1n) is 13.1. The fraction of sp³-hybridized carbons (Fsp3) is 0.414. The molecule has 2 aromatic carbocycles. The highest BCUT2D eigenvalue weighted by Crippen LogP contribution is 2.51. The van der Waals surface area contributed by atoms with Gasteiger partial charge in [-0.15, -0.1) is 0 Å². The molecule has 2 aliphatic heterocycles. The first-order chi connectivity index (χ1) is 18.7. The monoisotopic (exact) mass is 535 g/mol. The lowest BCUT2D eigenvalue weighted by molar-refractivity contribution is -0.384. The maximum absolute atomic E-state index is 13.8. The van der Waals surface area contributed by atoms with E-state index in [-0.39, 0.29) is 18.7 Å². The molecule has 2 N–H and O–H groups in total. The number of fused-ring (bicyclic) bond motifs is 1. The number of likely N-dealkylation sites (tertiary alicyclic amines) is 1. The third kappa shape index (κ3) is 5.29. The second-order valence-electron chi connectivity index (χ2n) is 9.97. The van der Waals surface area contributed by atoms with Crippen molar-refractivity contribution in [3.63, 3.8) is 0 Å². The minimum absolute atomic E-state index is 0.127. The van der Waals surface area contributed by atoms with Crippen molar-refractivity contribution in [3.05, 3.63) is 81.9 Å². The number of nitro groups is 1. The highest BCUT2D eigenvalue weighted by Gasteiger charge is 2.68. The Bertz CT molecular complexity index is 1280. The number of hydrogen-bond acceptors (Lipinski definition) is 7. The minimum atomic E-state index is -1.81. The molecule has 2 aliphatic rings. The molecule has 2 fully saturated rings. The van der Waals surface area contributed by atoms with Crippen LogP contribution in [0, 0.1) is 22.0 Å². The quantitative estimate of drug-likeness (QED) is 0.136. The van der Waals surface area contributed by atoms with Gasteiger partial charge in [0.15, 0.2) is 0 Å². The van der Waals surface area contributed by atoms with Crippen LogP contribution in [0.1, 0.15) is 49.8 Å². The predicted octanol–water partition coefficient (Wildman–Crippen LogP) is 4.05. The van der Waals surface area contributed by atoms with Gasteiger partial charge in [0.1, 0.15) is 11.3 Å². The predicted molar refractivity (Wildman–Crippen MR) is 143 cm³/mol. The standard InChI is InChI=1S/C29H33N3O7/c1-3-4-5-6-7-10-17-31-26(33)23-24(27(31)34)29(28(35)36,18-19-13-15-20(16-14-19)32(37)38)30-25(23)21-11-8-9-12-22(21)39-2/h6-9,11-16,23-25,30H,3-5,10,17-18H2,1-2H3,(H,35,36)/b7-6+. The number of rotatable bonds is 12. The van der Waals surface area contributed by atoms with E-state index in [0.29, 0.717) is 23.3 Å². The summed E-state index contributed by atoms with van der Waals surface area (Å²) in [7, 11) is 1.49. The first-order valence-corrected chi connectivity index (χ1v) is 13.1. The number of amides is 2. The number of aliphatic carboxylic acids is 1. The minimum Gasteiger partial charge on any atom is -0.496 e. The lowest BCUT2D eigenvalue weighted by atomic mass is 9.76. The van der Waals surface area contributed by atoms with E-state index in [2.05, 4.69) is 12.2 Å². The molecule has 4 unspecified atom stereocenters. The number of non-ortho nitro benzene ring substituents is 1. The smallest absolute Gasteiger partial charge is 0.325 e. The third-order valence-corrected chi connectivity index (χ3v) is 7.64. The molecule has 10 nitrogen and oxygen atoms in total. The lowest BCUT2D eigenvalue weighted by Gasteiger charge is -2.31. The maximum Gasteiger partial charge on any atom is 0.325 e. The molecule has 10 heteroatoms. The molecule has 4 atom stereocenters. The number of allylic oxidation sites excluding steroid dienone is 1. The van der Waals surface area contributed by atoms with Crippen molar-refractivity contribution in [1.82, 2.24) is 10.2 Å². The number of carbonyl (C=O) groups excluding carboxylic acids is 2. The summed E-state index contributed by atoms with van der Waals surface area (Å²) in [6.07, 6.45) is 7.36. The zero-order chi connectivity index (χ0) is 28.2. The fourth-order valence-corrected chi connectivity index (χ4v) is 5.73. The Kier molecular flexibility index (Phi) is 8.44. The topological polar surface area (TPSA) is 139 Å². The number of unbranched alkanes of at least 4 members (excludes halogenated alkanes) is 2. The Morgan fingerprint density at radius 2 is 1.82 bits per heavy atom. The Hall–Kier alpha value is -4.05. The van der Waals surface area contributed by atoms with E-state index in [4.69, 9.17) is 4.74 Å². The van der Waals surface area contributed by atoms with E-state index in [1.54, 1.807) is 24.3 Å². The van der Waals surface area contributed by atoms with Gasteiger partial charge < -0.3 is 9.84 Å². The number of nitrogens with one attached hydrogen (secondary N) is 1. The number of carbonyl (C=O) groups is 3. The Balaban J connectivity index is 1.73. The van der Waals surface area contributed by atoms with Crippen molar-refractivity contribution in [3.8, 4) is 5.75 Å². The van der Waals surface area contributed by atoms with E-state index in [9.17, 15) is 29.6 Å². The summed E-state index contributed by atoms with van der Waals surface area (Å²) in [5, 5.41) is 24.9. The molecule has 0 radical (unpaired) electrons. The van der Waals surface area contributed by atoms with E-state index >= 15 is 0 Å². The van der Waals surface area contributed by atoms with E-state index in [0.717, 1.165) is 19.3 Å². The third-order valence-electron chi connectivity index (χ3n) is 7.64. The van der Waals surface area contributed by atoms with Gasteiger partial charge >= 0.3 is 5.97 Å². The average Bonchev–Trinajstić information content (AvgIpc) is 3.40. The van der Waals surface area contributed by atoms with Crippen molar-refractivity contribution in [2.75, 3.05) is 13.7 Å². The molecule has 0 saturated carbocycles. The number of carboxylic acid groups (broad SMARTS) is 1. The van der Waals surface area contributed by atoms with Gasteiger partial charge in [-0.2, -0.15) is 0 Å². The number of nitro benzene ring substituents is 1. The second-order valence-corrected chi connectivity index (χ2v) is 9.97. The van der Waals surface area contributed by atoms with Gasteiger partial charge in [0.05, 0.1) is 23.9 Å². The first kappa shape index (κ1) is 28.0. The number of benzene rings is 2. The number of carboxylic acids is 1. The Morgan fingerprint density at radius 1 is 1.13 bits per heavy atom. The fourth-order valence-electron chi connectivity index (χ4n) is 5.73. The van der Waals surface area contributed by atoms with Crippen molar-refractivity contribution < 1.29 is 29.2 Å². The van der Waals surface area contributed by atoms with Crippen LogP contribution in [0.3, 0.4) is 0 Å². The summed E-state index contributed by atoms with van der Waals surface area (Å²) in [5.41, 5.74) is -0.862. The molecular formula is C29H33N3O7. The number of nitrogens with zero attached hydrogens (tertiary/aromatic N) is 2. The van der Waals surface area contributed by atoms with Crippen LogP contribution in [0.4, 0.5) is 5.69 Å². The summed E-state index contributed by atoms with van der Waals surface area (Å²) in [5.74, 6) is -3.86. The zero-order valence-electron chi connectivity index (χ0n) is 22.0. The molecule has 2 saturated heterocycles. The van der Waals surface area contributed by atoms with E-state index in [1.165, 1.54) is 36.3 Å². The van der Waals surface area contributed by atoms with Crippen LogP contribution in [0.5, 0.6) is 5.75 Å². The maximum atomic E-state index is 13.8. The number of methoxy groups -OCH3 is 1. The van der Waals surface area contributed by atoms with Crippen LogP contribution in [-0.2, 0) is 20.8 Å². The lowest BCUT2D eigenvalue weighted by Crippen LogP contribution is -2.57. The molecule has 0 bridgehead atoms.